The number of aromatic amines is 1. The van der Waals surface area contributed by atoms with Gasteiger partial charge in [-0.05, 0) is 56.1 Å². The number of aryl methyl sites for hydroxylation is 1. The topological polar surface area (TPSA) is 82.9 Å². The van der Waals surface area contributed by atoms with Crippen molar-refractivity contribution in [3.63, 3.8) is 0 Å². The molecule has 0 aliphatic heterocycles. The van der Waals surface area contributed by atoms with Gasteiger partial charge < -0.3 is 10.4 Å². The van der Waals surface area contributed by atoms with Crippen LogP contribution in [-0.2, 0) is 13.0 Å². The highest BCUT2D eigenvalue weighted by molar-refractivity contribution is 7.71. The standard InChI is InChI=1S/C14H15Cl2N3OS.C13H21NOSSi/c15-11-4-2-1-3-10(11)7-14(20,13(16)5-6-13)8-19-12(21)17-9-18-19;1-7-8-14-12(15)11-9(2)10(3)16-13(11)17(4,5)6/h1-4,9,20H,5-8H2,(H,17,18,21);7H,1,8H2,2-6H3,(H,14,15). The lowest BCUT2D eigenvalue weighted by molar-refractivity contribution is 0.00728. The van der Waals surface area contributed by atoms with Crippen molar-refractivity contribution in [3.05, 3.63) is 74.6 Å². The predicted molar refractivity (Wildman–Crippen MR) is 165 cm³/mol. The van der Waals surface area contributed by atoms with E-state index in [0.29, 0.717) is 22.8 Å². The molecule has 1 fully saturated rings. The van der Waals surface area contributed by atoms with E-state index in [4.69, 9.17) is 35.4 Å². The van der Waals surface area contributed by atoms with E-state index in [1.807, 2.05) is 31.2 Å². The number of hydrogen-bond donors (Lipinski definition) is 3. The normalized spacial score (nSPS) is 15.7. The van der Waals surface area contributed by atoms with Gasteiger partial charge in [0.05, 0.1) is 25.1 Å². The molecule has 2 aromatic heterocycles. The molecule has 206 valence electrons. The summed E-state index contributed by atoms with van der Waals surface area (Å²) >= 11 is 19.7. The van der Waals surface area contributed by atoms with Gasteiger partial charge >= 0.3 is 0 Å². The first-order chi connectivity index (χ1) is 17.7. The lowest BCUT2D eigenvalue weighted by atomic mass is 9.89. The molecule has 1 aliphatic rings. The third-order valence-electron chi connectivity index (χ3n) is 6.70. The average molecular weight is 612 g/mol. The number of aliphatic hydroxyl groups is 1. The Morgan fingerprint density at radius 3 is 2.55 bits per heavy atom. The lowest BCUT2D eigenvalue weighted by Crippen LogP contribution is -2.47. The second kappa shape index (κ2) is 12.2. The summed E-state index contributed by atoms with van der Waals surface area (Å²) in [5.41, 5.74) is 1.78. The number of hydrogen-bond acceptors (Lipinski definition) is 5. The molecule has 1 atom stereocenters. The Bertz CT molecular complexity index is 1360. The second-order valence-electron chi connectivity index (χ2n) is 10.8. The number of carbonyl (C=O) groups excluding carboxylic acids is 1. The molecule has 2 heterocycles. The summed E-state index contributed by atoms with van der Waals surface area (Å²) in [5.74, 6) is 0.0455. The van der Waals surface area contributed by atoms with Gasteiger partial charge in [0.2, 0.25) is 4.77 Å². The molecule has 38 heavy (non-hydrogen) atoms. The zero-order chi connectivity index (χ0) is 28.3. The van der Waals surface area contributed by atoms with Crippen molar-refractivity contribution in [2.45, 2.75) is 69.8 Å². The largest absolute Gasteiger partial charge is 0.386 e. The smallest absolute Gasteiger partial charge is 0.252 e. The molecule has 0 bridgehead atoms. The molecule has 0 radical (unpaired) electrons. The van der Waals surface area contributed by atoms with Crippen LogP contribution in [0.2, 0.25) is 24.7 Å². The Hall–Kier alpha value is -1.75. The highest BCUT2D eigenvalue weighted by Crippen LogP contribution is 2.53. The van der Waals surface area contributed by atoms with Gasteiger partial charge in [-0.25, -0.2) is 4.98 Å². The molecule has 1 amide bonds. The number of amides is 1. The van der Waals surface area contributed by atoms with Crippen molar-refractivity contribution in [3.8, 4) is 0 Å². The van der Waals surface area contributed by atoms with Gasteiger partial charge in [-0.15, -0.1) is 29.5 Å². The molecule has 1 unspecified atom stereocenters. The maximum atomic E-state index is 12.2. The van der Waals surface area contributed by atoms with E-state index in [0.717, 1.165) is 29.5 Å². The van der Waals surface area contributed by atoms with E-state index >= 15 is 0 Å². The third kappa shape index (κ3) is 7.06. The summed E-state index contributed by atoms with van der Waals surface area (Å²) in [6, 6.07) is 7.48. The van der Waals surface area contributed by atoms with Gasteiger partial charge in [0, 0.05) is 27.4 Å². The zero-order valence-electron chi connectivity index (χ0n) is 22.5. The van der Waals surface area contributed by atoms with E-state index in [1.54, 1.807) is 22.1 Å². The van der Waals surface area contributed by atoms with Crippen molar-refractivity contribution in [2.75, 3.05) is 6.54 Å². The SMILES string of the molecule is C=CCNC(=O)c1c([Si](C)(C)C)sc(C)c1C.OC(Cc1ccccc1Cl)(Cn1[nH]cnc1=S)C1(Cl)CC1. The Balaban J connectivity index is 0.000000216. The van der Waals surface area contributed by atoms with E-state index in [9.17, 15) is 9.90 Å². The Kier molecular flexibility index (Phi) is 9.87. The Labute approximate surface area is 245 Å². The van der Waals surface area contributed by atoms with Crippen molar-refractivity contribution in [1.82, 2.24) is 20.1 Å². The number of aromatic nitrogens is 3. The summed E-state index contributed by atoms with van der Waals surface area (Å²) < 4.78 is 3.33. The van der Waals surface area contributed by atoms with Gasteiger partial charge in [0.25, 0.3) is 5.91 Å². The summed E-state index contributed by atoms with van der Waals surface area (Å²) in [6.45, 7) is 15.4. The van der Waals surface area contributed by atoms with Crippen LogP contribution in [-0.4, -0.2) is 50.9 Å². The van der Waals surface area contributed by atoms with Crippen LogP contribution in [0.3, 0.4) is 0 Å². The van der Waals surface area contributed by atoms with Crippen LogP contribution >= 0.6 is 46.8 Å². The quantitative estimate of drug-likeness (QED) is 0.117. The number of alkyl halides is 1. The van der Waals surface area contributed by atoms with Crippen LogP contribution in [0, 0.1) is 18.6 Å². The number of nitrogens with zero attached hydrogens (tertiary/aromatic N) is 2. The highest BCUT2D eigenvalue weighted by atomic mass is 35.5. The van der Waals surface area contributed by atoms with Crippen molar-refractivity contribution >= 4 is 65.2 Å². The maximum Gasteiger partial charge on any atom is 0.252 e. The fourth-order valence-corrected chi connectivity index (χ4v) is 8.46. The molecule has 1 aromatic carbocycles. The van der Waals surface area contributed by atoms with Crippen LogP contribution in [0.25, 0.3) is 0 Å². The van der Waals surface area contributed by atoms with Crippen LogP contribution < -0.4 is 9.82 Å². The number of nitrogens with one attached hydrogen (secondary N) is 2. The van der Waals surface area contributed by atoms with E-state index in [1.165, 1.54) is 15.7 Å². The molecule has 11 heteroatoms. The van der Waals surface area contributed by atoms with Crippen LogP contribution in [0.1, 0.15) is 39.2 Å². The molecule has 6 nitrogen and oxygen atoms in total. The molecule has 3 aromatic rings. The van der Waals surface area contributed by atoms with E-state index < -0.39 is 18.5 Å². The Morgan fingerprint density at radius 2 is 2.03 bits per heavy atom. The van der Waals surface area contributed by atoms with Crippen LogP contribution in [0.5, 0.6) is 0 Å². The fraction of sp³-hybridized carbons (Fsp3) is 0.444. The van der Waals surface area contributed by atoms with Gasteiger partial charge in [-0.3, -0.25) is 14.6 Å². The van der Waals surface area contributed by atoms with Crippen LogP contribution in [0.15, 0.2) is 43.2 Å². The number of benzene rings is 1. The minimum atomic E-state index is -1.46. The van der Waals surface area contributed by atoms with Crippen LogP contribution in [0.4, 0.5) is 0 Å². The summed E-state index contributed by atoms with van der Waals surface area (Å²) in [6.07, 6.45) is 5.14. The first-order valence-corrected chi connectivity index (χ1v) is 17.9. The monoisotopic (exact) mass is 610 g/mol. The minimum absolute atomic E-state index is 0.0455. The van der Waals surface area contributed by atoms with Crippen molar-refractivity contribution < 1.29 is 9.90 Å². The zero-order valence-corrected chi connectivity index (χ0v) is 26.7. The van der Waals surface area contributed by atoms with Gasteiger partial charge in [0.1, 0.15) is 11.9 Å². The lowest BCUT2D eigenvalue weighted by Gasteiger charge is -2.33. The molecule has 3 N–H and O–H groups in total. The summed E-state index contributed by atoms with van der Waals surface area (Å²) in [7, 11) is -1.46. The first-order valence-electron chi connectivity index (χ1n) is 12.5. The molecule has 0 spiro atoms. The number of rotatable bonds is 9. The van der Waals surface area contributed by atoms with E-state index in [2.05, 4.69) is 48.5 Å². The molecule has 1 aliphatic carbocycles. The minimum Gasteiger partial charge on any atom is -0.386 e. The summed E-state index contributed by atoms with van der Waals surface area (Å²) in [4.78, 5) is 16.8. The van der Waals surface area contributed by atoms with Gasteiger partial charge in [-0.1, -0.05) is 55.5 Å². The molecule has 1 saturated carbocycles. The Morgan fingerprint density at radius 1 is 1.37 bits per heavy atom. The first kappa shape index (κ1) is 30.8. The van der Waals surface area contributed by atoms with Gasteiger partial charge in [-0.2, -0.15) is 0 Å². The fourth-order valence-electron chi connectivity index (χ4n) is 4.22. The van der Waals surface area contributed by atoms with Gasteiger partial charge in [0.15, 0.2) is 0 Å². The molecule has 4 rings (SSSR count). The number of thiophene rings is 1. The second-order valence-corrected chi connectivity index (χ2v) is 18.8. The molecular formula is C27H36Cl2N4O2S2Si. The average Bonchev–Trinajstić information content (AvgIpc) is 3.38. The number of carbonyl (C=O) groups is 1. The van der Waals surface area contributed by atoms with Crippen molar-refractivity contribution in [1.29, 1.82) is 0 Å². The summed E-state index contributed by atoms with van der Waals surface area (Å²) in [5, 5.41) is 17.6. The van der Waals surface area contributed by atoms with E-state index in [-0.39, 0.29) is 12.5 Å². The molecule has 0 saturated heterocycles. The molecular weight excluding hydrogens is 575 g/mol. The number of halogens is 2. The highest BCUT2D eigenvalue weighted by Gasteiger charge is 2.58. The third-order valence-corrected chi connectivity index (χ3v) is 12.9. The van der Waals surface area contributed by atoms with Crippen molar-refractivity contribution in [2.24, 2.45) is 0 Å². The maximum absolute atomic E-state index is 12.2. The number of H-pyrrole nitrogens is 1. The predicted octanol–water partition coefficient (Wildman–Crippen LogP) is 6.17.